The van der Waals surface area contributed by atoms with E-state index in [-0.39, 0.29) is 23.8 Å². The van der Waals surface area contributed by atoms with E-state index in [0.29, 0.717) is 6.61 Å². The number of amides is 1. The molecule has 0 spiro atoms. The number of carbonyl (C=O) groups excluding carboxylic acids is 2. The molecule has 1 aliphatic carbocycles. The van der Waals surface area contributed by atoms with E-state index in [1.807, 2.05) is 6.92 Å². The van der Waals surface area contributed by atoms with E-state index in [1.54, 1.807) is 6.92 Å². The normalized spacial score (nSPS) is 18.5. The van der Waals surface area contributed by atoms with Crippen LogP contribution in [0.2, 0.25) is 0 Å². The summed E-state index contributed by atoms with van der Waals surface area (Å²) in [6.45, 7) is 4.05. The first-order chi connectivity index (χ1) is 7.08. The van der Waals surface area contributed by atoms with Crippen molar-refractivity contribution in [2.45, 2.75) is 39.5 Å². The van der Waals surface area contributed by atoms with Gasteiger partial charge in [-0.05, 0) is 19.8 Å². The molecule has 0 bridgehead atoms. The molecule has 0 unspecified atom stereocenters. The highest BCUT2D eigenvalue weighted by molar-refractivity contribution is 5.86. The van der Waals surface area contributed by atoms with Crippen molar-refractivity contribution in [2.75, 3.05) is 13.2 Å². The monoisotopic (exact) mass is 213 g/mol. The number of rotatable bonds is 4. The molecular weight excluding hydrogens is 194 g/mol. The van der Waals surface area contributed by atoms with Crippen LogP contribution < -0.4 is 5.32 Å². The predicted molar refractivity (Wildman–Crippen MR) is 56.2 cm³/mol. The molecule has 0 saturated heterocycles. The Morgan fingerprint density at radius 3 is 2.47 bits per heavy atom. The average Bonchev–Trinajstić information content (AvgIpc) is 2.63. The Morgan fingerprint density at radius 1 is 1.33 bits per heavy atom. The molecule has 0 heterocycles. The molecule has 1 rings (SSSR count). The third-order valence-electron chi connectivity index (χ3n) is 2.95. The number of hydrogen-bond acceptors (Lipinski definition) is 3. The lowest BCUT2D eigenvalue weighted by Crippen LogP contribution is -2.40. The lowest BCUT2D eigenvalue weighted by atomic mass is 9.88. The first kappa shape index (κ1) is 12.0. The summed E-state index contributed by atoms with van der Waals surface area (Å²) in [7, 11) is 0. The van der Waals surface area contributed by atoms with Crippen LogP contribution in [0, 0.1) is 5.41 Å². The van der Waals surface area contributed by atoms with E-state index in [1.165, 1.54) is 0 Å². The van der Waals surface area contributed by atoms with E-state index in [2.05, 4.69) is 5.32 Å². The fourth-order valence-corrected chi connectivity index (χ4v) is 1.96. The third kappa shape index (κ3) is 3.22. The zero-order chi connectivity index (χ0) is 11.3. The summed E-state index contributed by atoms with van der Waals surface area (Å²) in [5.74, 6) is -0.388. The molecule has 1 amide bonds. The van der Waals surface area contributed by atoms with Crippen LogP contribution >= 0.6 is 0 Å². The Bertz CT molecular complexity index is 244. The fourth-order valence-electron chi connectivity index (χ4n) is 1.96. The molecule has 0 aromatic heterocycles. The minimum absolute atomic E-state index is 0.0116. The Labute approximate surface area is 90.4 Å². The van der Waals surface area contributed by atoms with Crippen molar-refractivity contribution in [1.82, 2.24) is 5.32 Å². The van der Waals surface area contributed by atoms with Gasteiger partial charge in [-0.2, -0.15) is 0 Å². The van der Waals surface area contributed by atoms with Crippen molar-refractivity contribution in [3.8, 4) is 0 Å². The Kier molecular flexibility index (Phi) is 4.12. The van der Waals surface area contributed by atoms with Gasteiger partial charge in [0.05, 0.1) is 6.61 Å². The summed E-state index contributed by atoms with van der Waals surface area (Å²) < 4.78 is 4.73. The molecule has 1 saturated carbocycles. The molecule has 0 aromatic rings. The summed E-state index contributed by atoms with van der Waals surface area (Å²) in [6.07, 6.45) is 4.04. The number of nitrogens with one attached hydrogen (secondary N) is 1. The second-order valence-electron chi connectivity index (χ2n) is 4.26. The molecule has 15 heavy (non-hydrogen) atoms. The van der Waals surface area contributed by atoms with E-state index in [9.17, 15) is 9.59 Å². The van der Waals surface area contributed by atoms with Crippen LogP contribution in [0.4, 0.5) is 0 Å². The topological polar surface area (TPSA) is 55.4 Å². The lowest BCUT2D eigenvalue weighted by molar-refractivity contribution is -0.144. The Morgan fingerprint density at radius 2 is 1.93 bits per heavy atom. The number of esters is 1. The first-order valence-electron chi connectivity index (χ1n) is 5.52. The van der Waals surface area contributed by atoms with Gasteiger partial charge in [0.1, 0.15) is 6.54 Å². The summed E-state index contributed by atoms with van der Waals surface area (Å²) >= 11 is 0. The van der Waals surface area contributed by atoms with Crippen molar-refractivity contribution in [1.29, 1.82) is 0 Å². The van der Waals surface area contributed by atoms with Crippen LogP contribution in [0.5, 0.6) is 0 Å². The van der Waals surface area contributed by atoms with Crippen molar-refractivity contribution < 1.29 is 14.3 Å². The van der Waals surface area contributed by atoms with Gasteiger partial charge in [0.25, 0.3) is 0 Å². The van der Waals surface area contributed by atoms with Crippen LogP contribution in [0.3, 0.4) is 0 Å². The molecule has 0 aliphatic heterocycles. The van der Waals surface area contributed by atoms with Crippen molar-refractivity contribution in [3.05, 3.63) is 0 Å². The molecule has 0 radical (unpaired) electrons. The summed E-state index contributed by atoms with van der Waals surface area (Å²) in [6, 6.07) is 0. The van der Waals surface area contributed by atoms with E-state index < -0.39 is 0 Å². The first-order valence-corrected chi connectivity index (χ1v) is 5.52. The number of hydrogen-bond donors (Lipinski definition) is 1. The molecule has 4 nitrogen and oxygen atoms in total. The lowest BCUT2D eigenvalue weighted by Gasteiger charge is -2.21. The van der Waals surface area contributed by atoms with Crippen molar-refractivity contribution in [3.63, 3.8) is 0 Å². The smallest absolute Gasteiger partial charge is 0.325 e. The zero-order valence-corrected chi connectivity index (χ0v) is 9.47. The average molecular weight is 213 g/mol. The molecule has 1 N–H and O–H groups in total. The van der Waals surface area contributed by atoms with Gasteiger partial charge in [0, 0.05) is 5.41 Å². The van der Waals surface area contributed by atoms with Crippen LogP contribution in [-0.4, -0.2) is 25.0 Å². The minimum Gasteiger partial charge on any atom is -0.465 e. The van der Waals surface area contributed by atoms with Gasteiger partial charge >= 0.3 is 5.97 Å². The van der Waals surface area contributed by atoms with Crippen LogP contribution in [0.1, 0.15) is 39.5 Å². The molecule has 86 valence electrons. The Hall–Kier alpha value is -1.06. The summed E-state index contributed by atoms with van der Waals surface area (Å²) in [5.41, 5.74) is -0.271. The maximum atomic E-state index is 11.8. The summed E-state index contributed by atoms with van der Waals surface area (Å²) in [5, 5.41) is 2.64. The van der Waals surface area contributed by atoms with Crippen molar-refractivity contribution >= 4 is 11.9 Å². The highest BCUT2D eigenvalue weighted by Gasteiger charge is 2.36. The van der Waals surface area contributed by atoms with Gasteiger partial charge in [-0.15, -0.1) is 0 Å². The zero-order valence-electron chi connectivity index (χ0n) is 9.47. The van der Waals surface area contributed by atoms with Gasteiger partial charge in [0.2, 0.25) is 5.91 Å². The summed E-state index contributed by atoms with van der Waals surface area (Å²) in [4.78, 5) is 22.8. The second-order valence-corrected chi connectivity index (χ2v) is 4.26. The van der Waals surface area contributed by atoms with Crippen LogP contribution in [0.25, 0.3) is 0 Å². The van der Waals surface area contributed by atoms with Gasteiger partial charge in [-0.25, -0.2) is 0 Å². The van der Waals surface area contributed by atoms with E-state index in [0.717, 1.165) is 25.7 Å². The molecule has 1 aliphatic rings. The highest BCUT2D eigenvalue weighted by atomic mass is 16.5. The minimum atomic E-state index is -0.368. The Balaban J connectivity index is 2.32. The van der Waals surface area contributed by atoms with Crippen LogP contribution in [-0.2, 0) is 14.3 Å². The quantitative estimate of drug-likeness (QED) is 0.715. The maximum absolute atomic E-state index is 11.8. The SMILES string of the molecule is CCOC(=O)CNC(=O)C1(C)CCCC1. The van der Waals surface area contributed by atoms with Gasteiger partial charge in [-0.1, -0.05) is 19.8 Å². The molecule has 0 atom stereocenters. The standard InChI is InChI=1S/C11H19NO3/c1-3-15-9(13)8-12-10(14)11(2)6-4-5-7-11/h3-8H2,1-2H3,(H,12,14). The molecule has 4 heteroatoms. The fraction of sp³-hybridized carbons (Fsp3) is 0.818. The number of ether oxygens (including phenoxy) is 1. The largest absolute Gasteiger partial charge is 0.465 e. The van der Waals surface area contributed by atoms with Gasteiger partial charge in [-0.3, -0.25) is 9.59 Å². The maximum Gasteiger partial charge on any atom is 0.325 e. The van der Waals surface area contributed by atoms with Crippen molar-refractivity contribution in [2.24, 2.45) is 5.41 Å². The van der Waals surface area contributed by atoms with E-state index >= 15 is 0 Å². The number of carbonyl (C=O) groups is 2. The second kappa shape index (κ2) is 5.14. The van der Waals surface area contributed by atoms with Crippen LogP contribution in [0.15, 0.2) is 0 Å². The molecule has 0 aromatic carbocycles. The molecule has 1 fully saturated rings. The third-order valence-corrected chi connectivity index (χ3v) is 2.95. The molecular formula is C11H19NO3. The van der Waals surface area contributed by atoms with Gasteiger partial charge in [0.15, 0.2) is 0 Å². The highest BCUT2D eigenvalue weighted by Crippen LogP contribution is 2.37. The van der Waals surface area contributed by atoms with E-state index in [4.69, 9.17) is 4.74 Å². The van der Waals surface area contributed by atoms with Gasteiger partial charge < -0.3 is 10.1 Å². The predicted octanol–water partition coefficient (Wildman–Crippen LogP) is 1.25.